The van der Waals surface area contributed by atoms with Crippen LogP contribution in [-0.4, -0.2) is 16.2 Å². The molecule has 0 aliphatic carbocycles. The third-order valence-electron chi connectivity index (χ3n) is 2.14. The molecule has 1 aromatic carbocycles. The van der Waals surface area contributed by atoms with Crippen LogP contribution in [0.15, 0.2) is 33.4 Å². The Bertz CT molecular complexity index is 548. The molecule has 4 nitrogen and oxygen atoms in total. The summed E-state index contributed by atoms with van der Waals surface area (Å²) in [4.78, 5) is 11.0. The summed E-state index contributed by atoms with van der Waals surface area (Å²) in [6, 6.07) is 7.40. The molecule has 0 aliphatic rings. The van der Waals surface area contributed by atoms with Crippen molar-refractivity contribution < 1.29 is 14.4 Å². The fourth-order valence-electron chi connectivity index (χ4n) is 1.44. The van der Waals surface area contributed by atoms with Crippen molar-refractivity contribution in [3.8, 4) is 11.3 Å². The number of carbonyl (C=O) groups is 1. The first-order valence-corrected chi connectivity index (χ1v) is 5.34. The molecule has 0 saturated heterocycles. The first kappa shape index (κ1) is 10.9. The standard InChI is InChI=1S/C11H8BrNO3/c1-6-3-2-4-7(5-6)9-8(11(14)15)10(12)13-16-9/h2-5H,1H3,(H,14,15). The smallest absolute Gasteiger partial charge is 0.342 e. The van der Waals surface area contributed by atoms with Gasteiger partial charge in [-0.15, -0.1) is 0 Å². The highest BCUT2D eigenvalue weighted by atomic mass is 79.9. The molecule has 0 unspecified atom stereocenters. The van der Waals surface area contributed by atoms with Gasteiger partial charge in [0.1, 0.15) is 5.56 Å². The van der Waals surface area contributed by atoms with E-state index in [0.29, 0.717) is 5.56 Å². The zero-order valence-corrected chi connectivity index (χ0v) is 9.98. The number of benzene rings is 1. The fraction of sp³-hybridized carbons (Fsp3) is 0.0909. The van der Waals surface area contributed by atoms with Gasteiger partial charge >= 0.3 is 5.97 Å². The van der Waals surface area contributed by atoms with Gasteiger partial charge in [0.15, 0.2) is 10.4 Å². The van der Waals surface area contributed by atoms with E-state index in [-0.39, 0.29) is 15.9 Å². The van der Waals surface area contributed by atoms with E-state index in [1.807, 2.05) is 25.1 Å². The summed E-state index contributed by atoms with van der Waals surface area (Å²) in [6.45, 7) is 1.93. The van der Waals surface area contributed by atoms with E-state index in [4.69, 9.17) is 9.63 Å². The molecular formula is C11H8BrNO3. The fourth-order valence-corrected chi connectivity index (χ4v) is 1.86. The first-order valence-electron chi connectivity index (χ1n) is 4.55. The Hall–Kier alpha value is -1.62. The highest BCUT2D eigenvalue weighted by Gasteiger charge is 2.21. The maximum absolute atomic E-state index is 11.0. The average Bonchev–Trinajstić information content (AvgIpc) is 2.60. The Morgan fingerprint density at radius 1 is 1.50 bits per heavy atom. The molecule has 1 N–H and O–H groups in total. The third-order valence-corrected chi connectivity index (χ3v) is 2.69. The highest BCUT2D eigenvalue weighted by molar-refractivity contribution is 9.10. The van der Waals surface area contributed by atoms with E-state index in [9.17, 15) is 4.79 Å². The molecule has 1 aromatic heterocycles. The summed E-state index contributed by atoms with van der Waals surface area (Å²) in [7, 11) is 0. The number of aromatic nitrogens is 1. The van der Waals surface area contributed by atoms with Crippen LogP contribution >= 0.6 is 15.9 Å². The molecule has 2 rings (SSSR count). The Morgan fingerprint density at radius 3 is 2.88 bits per heavy atom. The third kappa shape index (κ3) is 1.86. The Kier molecular flexibility index (Phi) is 2.78. The number of carboxylic acid groups (broad SMARTS) is 1. The quantitative estimate of drug-likeness (QED) is 0.919. The molecule has 0 atom stereocenters. The Labute approximate surface area is 100 Å². The number of hydrogen-bond donors (Lipinski definition) is 1. The van der Waals surface area contributed by atoms with Crippen LogP contribution in [0.5, 0.6) is 0 Å². The van der Waals surface area contributed by atoms with Crippen LogP contribution in [0.25, 0.3) is 11.3 Å². The SMILES string of the molecule is Cc1cccc(-c2onc(Br)c2C(=O)O)c1. The van der Waals surface area contributed by atoms with Crippen molar-refractivity contribution in [3.63, 3.8) is 0 Å². The van der Waals surface area contributed by atoms with Crippen molar-refractivity contribution in [2.75, 3.05) is 0 Å². The van der Waals surface area contributed by atoms with Gasteiger partial charge in [0.25, 0.3) is 0 Å². The lowest BCUT2D eigenvalue weighted by molar-refractivity contribution is 0.0696. The van der Waals surface area contributed by atoms with Crippen LogP contribution < -0.4 is 0 Å². The molecular weight excluding hydrogens is 274 g/mol. The van der Waals surface area contributed by atoms with Gasteiger partial charge in [0, 0.05) is 5.56 Å². The first-order chi connectivity index (χ1) is 7.59. The number of hydrogen-bond acceptors (Lipinski definition) is 3. The predicted molar refractivity (Wildman–Crippen MR) is 61.3 cm³/mol. The van der Waals surface area contributed by atoms with E-state index in [1.165, 1.54) is 0 Å². The van der Waals surface area contributed by atoms with Gasteiger partial charge in [-0.1, -0.05) is 28.9 Å². The van der Waals surface area contributed by atoms with E-state index in [2.05, 4.69) is 21.1 Å². The summed E-state index contributed by atoms with van der Waals surface area (Å²) >= 11 is 3.05. The highest BCUT2D eigenvalue weighted by Crippen LogP contribution is 2.29. The van der Waals surface area contributed by atoms with Gasteiger partial charge in [-0.2, -0.15) is 0 Å². The number of aromatic carboxylic acids is 1. The van der Waals surface area contributed by atoms with Gasteiger partial charge < -0.3 is 9.63 Å². The predicted octanol–water partition coefficient (Wildman–Crippen LogP) is 3.11. The normalized spacial score (nSPS) is 10.4. The van der Waals surface area contributed by atoms with Gasteiger partial charge in [-0.25, -0.2) is 4.79 Å². The maximum Gasteiger partial charge on any atom is 0.342 e. The molecule has 0 aliphatic heterocycles. The van der Waals surface area contributed by atoms with Crippen LogP contribution in [0.2, 0.25) is 0 Å². The molecule has 2 aromatic rings. The van der Waals surface area contributed by atoms with Gasteiger partial charge in [-0.05, 0) is 28.9 Å². The molecule has 0 fully saturated rings. The number of rotatable bonds is 2. The van der Waals surface area contributed by atoms with Crippen molar-refractivity contribution in [3.05, 3.63) is 40.0 Å². The summed E-state index contributed by atoms with van der Waals surface area (Å²) in [5, 5.41) is 12.6. The summed E-state index contributed by atoms with van der Waals surface area (Å²) in [5.41, 5.74) is 1.78. The van der Waals surface area contributed by atoms with Crippen LogP contribution in [0, 0.1) is 6.92 Å². The number of halogens is 1. The topological polar surface area (TPSA) is 63.3 Å². The lowest BCUT2D eigenvalue weighted by atomic mass is 10.1. The minimum Gasteiger partial charge on any atom is -0.477 e. The van der Waals surface area contributed by atoms with Gasteiger partial charge in [0.05, 0.1) is 0 Å². The lowest BCUT2D eigenvalue weighted by Gasteiger charge is -1.99. The van der Waals surface area contributed by atoms with Crippen molar-refractivity contribution in [2.45, 2.75) is 6.92 Å². The molecule has 0 bridgehead atoms. The zero-order valence-electron chi connectivity index (χ0n) is 8.40. The second kappa shape index (κ2) is 4.09. The van der Waals surface area contributed by atoms with Crippen LogP contribution in [0.1, 0.15) is 15.9 Å². The minimum absolute atomic E-state index is 0.0469. The van der Waals surface area contributed by atoms with Crippen molar-refractivity contribution in [1.82, 2.24) is 5.16 Å². The number of carboxylic acids is 1. The summed E-state index contributed by atoms with van der Waals surface area (Å²) < 4.78 is 5.23. The second-order valence-corrected chi connectivity index (χ2v) is 4.10. The Balaban J connectivity index is 2.60. The minimum atomic E-state index is -1.07. The molecule has 0 amide bonds. The zero-order chi connectivity index (χ0) is 11.7. The van der Waals surface area contributed by atoms with E-state index in [1.54, 1.807) is 6.07 Å². The molecule has 0 radical (unpaired) electrons. The summed E-state index contributed by atoms with van der Waals surface area (Å²) in [5.74, 6) is -0.798. The van der Waals surface area contributed by atoms with Crippen molar-refractivity contribution in [1.29, 1.82) is 0 Å². The Morgan fingerprint density at radius 2 is 2.25 bits per heavy atom. The lowest BCUT2D eigenvalue weighted by Crippen LogP contribution is -1.97. The van der Waals surface area contributed by atoms with Crippen LogP contribution in [0.3, 0.4) is 0 Å². The second-order valence-electron chi connectivity index (χ2n) is 3.35. The monoisotopic (exact) mass is 281 g/mol. The average molecular weight is 282 g/mol. The molecule has 0 saturated carbocycles. The molecule has 5 heteroatoms. The number of nitrogens with zero attached hydrogens (tertiary/aromatic N) is 1. The molecule has 1 heterocycles. The largest absolute Gasteiger partial charge is 0.477 e. The van der Waals surface area contributed by atoms with Gasteiger partial charge in [0.2, 0.25) is 0 Å². The van der Waals surface area contributed by atoms with Crippen molar-refractivity contribution in [2.24, 2.45) is 0 Å². The van der Waals surface area contributed by atoms with E-state index >= 15 is 0 Å². The van der Waals surface area contributed by atoms with E-state index < -0.39 is 5.97 Å². The van der Waals surface area contributed by atoms with Crippen LogP contribution in [-0.2, 0) is 0 Å². The molecule has 82 valence electrons. The van der Waals surface area contributed by atoms with E-state index in [0.717, 1.165) is 5.56 Å². The maximum atomic E-state index is 11.0. The van der Waals surface area contributed by atoms with Crippen LogP contribution in [0.4, 0.5) is 0 Å². The number of aryl methyl sites for hydroxylation is 1. The molecule has 16 heavy (non-hydrogen) atoms. The van der Waals surface area contributed by atoms with Gasteiger partial charge in [-0.3, -0.25) is 0 Å². The van der Waals surface area contributed by atoms with Crippen molar-refractivity contribution >= 4 is 21.9 Å². The summed E-state index contributed by atoms with van der Waals surface area (Å²) in [6.07, 6.45) is 0. The molecule has 0 spiro atoms.